The highest BCUT2D eigenvalue weighted by molar-refractivity contribution is 6.00. The average Bonchev–Trinajstić information content (AvgIpc) is 1.62. The smallest absolute Gasteiger partial charge is 0.303 e. The van der Waals surface area contributed by atoms with E-state index in [2.05, 4.69) is 58.5 Å². The van der Waals surface area contributed by atoms with E-state index in [0.29, 0.717) is 25.7 Å². The van der Waals surface area contributed by atoms with Gasteiger partial charge in [0.25, 0.3) is 0 Å². The largest absolute Gasteiger partial charge is 0.481 e. The highest BCUT2D eigenvalue weighted by Crippen LogP contribution is 2.23. The molecule has 1 heterocycles. The van der Waals surface area contributed by atoms with Crippen LogP contribution in [0.4, 0.5) is 0 Å². The fourth-order valence-corrected chi connectivity index (χ4v) is 11.3. The van der Waals surface area contributed by atoms with Crippen molar-refractivity contribution < 1.29 is 77.3 Å². The van der Waals surface area contributed by atoms with Gasteiger partial charge in [-0.1, -0.05) is 120 Å². The summed E-state index contributed by atoms with van der Waals surface area (Å²) in [6.45, 7) is 21.6. The number of carboxylic acids is 1. The number of carbonyl (C=O) groups is 14. The van der Waals surface area contributed by atoms with Crippen molar-refractivity contribution >= 4 is 82.8 Å². The second-order valence-corrected chi connectivity index (χ2v) is 28.3. The second kappa shape index (κ2) is 44.7. The summed E-state index contributed by atoms with van der Waals surface area (Å²) in [6.07, 6.45) is 1.54. The van der Waals surface area contributed by atoms with Crippen LogP contribution in [-0.4, -0.2) is 197 Å². The number of hydrogen-bond acceptors (Lipinski definition) is 17. The van der Waals surface area contributed by atoms with Crippen molar-refractivity contribution in [1.82, 2.24) is 63.4 Å². The van der Waals surface area contributed by atoms with Gasteiger partial charge in [0, 0.05) is 13.0 Å². The summed E-state index contributed by atoms with van der Waals surface area (Å²) in [5.41, 5.74) is 18.4. The number of nitrogens with zero attached hydrogens (tertiary/aromatic N) is 1. The third-order valence-electron chi connectivity index (χ3n) is 16.8. The number of benzene rings is 1. The predicted octanol–water partition coefficient (Wildman–Crippen LogP) is -0.721. The Morgan fingerprint density at radius 1 is 0.520 bits per heavy atom. The van der Waals surface area contributed by atoms with E-state index < -0.39 is 187 Å². The van der Waals surface area contributed by atoms with Crippen LogP contribution < -0.4 is 75.7 Å². The number of rotatable bonds is 46. The van der Waals surface area contributed by atoms with Crippen molar-refractivity contribution in [1.29, 1.82) is 0 Å². The molecule has 0 aliphatic carbocycles. The van der Waals surface area contributed by atoms with E-state index in [9.17, 15) is 77.3 Å². The van der Waals surface area contributed by atoms with Crippen LogP contribution in [0.1, 0.15) is 179 Å². The number of hydrogen-bond donors (Lipinski definition) is 16. The molecule has 100 heavy (non-hydrogen) atoms. The number of nitrogens with two attached hydrogens (primary N) is 3. The lowest BCUT2D eigenvalue weighted by Gasteiger charge is -2.32. The van der Waals surface area contributed by atoms with E-state index in [1.54, 1.807) is 41.5 Å². The fraction of sp³-hybridized carbons (Fsp3) is 0.710. The van der Waals surface area contributed by atoms with Gasteiger partial charge in [-0.15, -0.1) is 0 Å². The Morgan fingerprint density at radius 2 is 0.970 bits per heavy atom. The van der Waals surface area contributed by atoms with Crippen LogP contribution in [-0.2, 0) is 73.5 Å². The van der Waals surface area contributed by atoms with Crippen LogP contribution in [0.25, 0.3) is 0 Å². The maximum atomic E-state index is 14.3. The maximum Gasteiger partial charge on any atom is 0.303 e. The van der Waals surface area contributed by atoms with E-state index in [1.807, 2.05) is 71.9 Å². The molecule has 0 unspecified atom stereocenters. The quantitative estimate of drug-likeness (QED) is 0.0358. The Hall–Kier alpha value is -8.32. The summed E-state index contributed by atoms with van der Waals surface area (Å²) < 4.78 is 0. The first-order chi connectivity index (χ1) is 46.9. The molecule has 1 aliphatic heterocycles. The van der Waals surface area contributed by atoms with Crippen molar-refractivity contribution in [2.24, 2.45) is 52.7 Å². The highest BCUT2D eigenvalue weighted by atomic mass is 16.4. The van der Waals surface area contributed by atoms with Gasteiger partial charge in [0.2, 0.25) is 76.8 Å². The zero-order valence-corrected chi connectivity index (χ0v) is 60.8. The number of nitrogens with one attached hydrogen (secondary N) is 11. The molecule has 1 saturated heterocycles. The minimum Gasteiger partial charge on any atom is -0.481 e. The van der Waals surface area contributed by atoms with Gasteiger partial charge in [0.15, 0.2) is 0 Å². The summed E-state index contributed by atoms with van der Waals surface area (Å²) in [5, 5.41) is 48.5. The first-order valence-electron chi connectivity index (χ1n) is 35.2. The highest BCUT2D eigenvalue weighted by Gasteiger charge is 2.42. The third-order valence-corrected chi connectivity index (χ3v) is 16.8. The summed E-state index contributed by atoms with van der Waals surface area (Å²) in [4.78, 5) is 192. The first kappa shape index (κ1) is 87.8. The lowest BCUT2D eigenvalue weighted by Crippen LogP contribution is -2.61. The second-order valence-electron chi connectivity index (χ2n) is 28.3. The molecule has 31 heteroatoms. The number of likely N-dealkylation sites (tertiary alicyclic amines) is 1. The summed E-state index contributed by atoms with van der Waals surface area (Å²) in [7, 11) is 0. The van der Waals surface area contributed by atoms with E-state index >= 15 is 0 Å². The summed E-state index contributed by atoms with van der Waals surface area (Å²) in [5.74, 6) is -12.7. The first-order valence-corrected chi connectivity index (χ1v) is 35.2. The van der Waals surface area contributed by atoms with E-state index in [1.165, 1.54) is 11.8 Å². The number of amides is 13. The van der Waals surface area contributed by atoms with Gasteiger partial charge in [-0.3, -0.25) is 67.1 Å². The number of carboxylic acid groups (broad SMARTS) is 1. The molecule has 1 fully saturated rings. The molecule has 0 spiro atoms. The summed E-state index contributed by atoms with van der Waals surface area (Å²) >= 11 is 0. The van der Waals surface area contributed by atoms with E-state index in [0.717, 1.165) is 5.56 Å². The minimum absolute atomic E-state index is 0.00542. The molecule has 31 nitrogen and oxygen atoms in total. The molecule has 1 aliphatic rings. The normalized spacial score (nSPS) is 16.6. The van der Waals surface area contributed by atoms with Crippen LogP contribution >= 0.6 is 0 Å². The number of aliphatic carboxylic acids is 1. The zero-order chi connectivity index (χ0) is 75.7. The van der Waals surface area contributed by atoms with Crippen LogP contribution in [0.3, 0.4) is 0 Å². The van der Waals surface area contributed by atoms with Crippen molar-refractivity contribution in [2.75, 3.05) is 26.2 Å². The van der Waals surface area contributed by atoms with Gasteiger partial charge in [-0.25, -0.2) is 0 Å². The van der Waals surface area contributed by atoms with E-state index in [4.69, 9.17) is 17.2 Å². The van der Waals surface area contributed by atoms with E-state index in [-0.39, 0.29) is 94.0 Å². The SMILES string of the molecule is CC[C@H](C)[C@H](NC(=O)[C@@H]1CCCN1C(=O)[C@H](CC(C)C)NC(=O)[C@@H](N)Cc1ccccc1)C(=O)N[C@@H](CCC(=O)O)C(=O)N[C@@H](C)C(=O)N[C@@H](CCCCN)C(=O)N[C@@H](CC(C)C)C(=O)N[C@@H](CC(C)C)C(=O)N[C@@H](CO)C(=O)NCC(=O)N[C@@H](CC(C)C)C(=O)N[C@@H](CC(C)C)C(N)=O. The Balaban J connectivity index is 2.30. The fourth-order valence-electron chi connectivity index (χ4n) is 11.3. The molecule has 0 saturated carbocycles. The van der Waals surface area contributed by atoms with Crippen LogP contribution in [0.2, 0.25) is 0 Å². The molecule has 13 amide bonds. The molecule has 1 aromatic rings. The standard InChI is InChI=1S/C69H117N15O16/c1-14-42(12)57(83-67(98)54-24-20-28-84(54)69(100)52(33-41(10)11)81-60(91)45(71)34-44-21-16-15-17-22-44)68(99)77-47(25-26-56(87)88)62(93)74-43(13)59(90)76-46(23-18-19-27-70)63(94)79-50(31-39(6)7)65(96)80-51(32-40(8)9)66(97)82-53(36-85)61(92)73-35-55(86)75-49(30-38(4)5)64(95)78-48(58(72)89)29-37(2)3/h15-17,21-22,37-43,45-54,57,85H,14,18-20,23-36,70-71H2,1-13H3,(H2,72,89)(H,73,92)(H,74,93)(H,75,86)(H,76,90)(H,77,99)(H,78,95)(H,79,94)(H,80,96)(H,81,91)(H,82,97)(H,83,98)(H,87,88)/t42-,43-,45-,46-,47-,48-,49-,50-,51-,52-,53-,54-,57-/m0/s1. The van der Waals surface area contributed by atoms with Gasteiger partial charge in [-0.05, 0) is 132 Å². The Morgan fingerprint density at radius 3 is 1.47 bits per heavy atom. The zero-order valence-electron chi connectivity index (χ0n) is 60.8. The lowest BCUT2D eigenvalue weighted by molar-refractivity contribution is -0.143. The number of primary amides is 1. The minimum atomic E-state index is -1.63. The molecule has 0 bridgehead atoms. The number of aliphatic hydroxyl groups excluding tert-OH is 1. The van der Waals surface area contributed by atoms with Gasteiger partial charge in [0.1, 0.15) is 66.5 Å². The average molecular weight is 1410 g/mol. The monoisotopic (exact) mass is 1410 g/mol. The van der Waals surface area contributed by atoms with Crippen molar-refractivity contribution in [3.63, 3.8) is 0 Å². The number of unbranched alkanes of at least 4 members (excludes halogenated alkanes) is 1. The molecular formula is C69H117N15O16. The Bertz CT molecular complexity index is 2880. The van der Waals surface area contributed by atoms with Crippen molar-refractivity contribution in [2.45, 2.75) is 252 Å². The van der Waals surface area contributed by atoms with Crippen molar-refractivity contribution in [3.05, 3.63) is 35.9 Å². The topological polar surface area (TPSA) is 493 Å². The third kappa shape index (κ3) is 31.9. The molecular weight excluding hydrogens is 1290 g/mol. The molecule has 13 atom stereocenters. The molecule has 0 radical (unpaired) electrons. The molecule has 2 rings (SSSR count). The van der Waals surface area contributed by atoms with Gasteiger partial charge < -0.3 is 90.8 Å². The van der Waals surface area contributed by atoms with Crippen LogP contribution in [0, 0.1) is 35.5 Å². The number of carbonyl (C=O) groups excluding carboxylic acids is 13. The number of aliphatic hydroxyl groups is 1. The molecule has 564 valence electrons. The Kier molecular flexibility index (Phi) is 39.3. The Labute approximate surface area is 588 Å². The molecule has 1 aromatic carbocycles. The van der Waals surface area contributed by atoms with Crippen LogP contribution in [0.5, 0.6) is 0 Å². The van der Waals surface area contributed by atoms with Crippen LogP contribution in [0.15, 0.2) is 30.3 Å². The van der Waals surface area contributed by atoms with Gasteiger partial charge in [0.05, 0.1) is 19.2 Å². The predicted molar refractivity (Wildman–Crippen MR) is 374 cm³/mol. The van der Waals surface area contributed by atoms with Crippen molar-refractivity contribution in [3.8, 4) is 0 Å². The maximum absolute atomic E-state index is 14.3. The van der Waals surface area contributed by atoms with Gasteiger partial charge in [-0.2, -0.15) is 0 Å². The molecule has 0 aromatic heterocycles. The molecule has 19 N–H and O–H groups in total. The van der Waals surface area contributed by atoms with Gasteiger partial charge >= 0.3 is 5.97 Å². The summed E-state index contributed by atoms with van der Waals surface area (Å²) in [6, 6.07) is -5.98. The lowest BCUT2D eigenvalue weighted by atomic mass is 9.96.